The Morgan fingerprint density at radius 3 is 3.00 bits per heavy atom. The number of nitrogens with zero attached hydrogens (tertiary/aromatic N) is 2. The summed E-state index contributed by atoms with van der Waals surface area (Å²) < 4.78 is 0. The first-order chi connectivity index (χ1) is 12.4. The van der Waals surface area contributed by atoms with Gasteiger partial charge in [-0.05, 0) is 50.8 Å². The van der Waals surface area contributed by atoms with Crippen LogP contribution in [-0.2, 0) is 0 Å². The van der Waals surface area contributed by atoms with Crippen molar-refractivity contribution < 1.29 is 9.90 Å². The number of carbonyl (C=O) groups excluding carboxylic acids is 1. The Kier molecular flexibility index (Phi) is 5.26. The van der Waals surface area contributed by atoms with Gasteiger partial charge in [0.15, 0.2) is 0 Å². The zero-order valence-electron chi connectivity index (χ0n) is 14.5. The molecular formula is C20H20ClN3O2. The third-order valence-corrected chi connectivity index (χ3v) is 4.77. The Morgan fingerprint density at radius 2 is 2.27 bits per heavy atom. The van der Waals surface area contributed by atoms with Gasteiger partial charge in [-0.25, -0.2) is 4.98 Å². The van der Waals surface area contributed by atoms with E-state index in [4.69, 9.17) is 17.3 Å². The molecule has 5 nitrogen and oxygen atoms in total. The van der Waals surface area contributed by atoms with E-state index < -0.39 is 11.5 Å². The van der Waals surface area contributed by atoms with E-state index in [0.717, 1.165) is 18.4 Å². The summed E-state index contributed by atoms with van der Waals surface area (Å²) in [6.07, 6.45) is 4.07. The first-order valence-corrected chi connectivity index (χ1v) is 8.88. The molecular weight excluding hydrogens is 350 g/mol. The molecule has 0 aliphatic heterocycles. The number of aromatic nitrogens is 2. The molecule has 6 heteroatoms. The van der Waals surface area contributed by atoms with Gasteiger partial charge in [-0.2, -0.15) is 0 Å². The topological polar surface area (TPSA) is 89.1 Å². The van der Waals surface area contributed by atoms with Crippen molar-refractivity contribution >= 4 is 17.5 Å². The van der Waals surface area contributed by atoms with E-state index in [9.17, 15) is 9.90 Å². The van der Waals surface area contributed by atoms with Crippen molar-refractivity contribution in [3.8, 4) is 11.8 Å². The molecule has 1 heterocycles. The van der Waals surface area contributed by atoms with Gasteiger partial charge in [0.25, 0.3) is 5.91 Å². The van der Waals surface area contributed by atoms with Crippen molar-refractivity contribution in [3.63, 3.8) is 0 Å². The minimum atomic E-state index is -1.15. The molecule has 1 fully saturated rings. The first-order valence-electron chi connectivity index (χ1n) is 8.51. The van der Waals surface area contributed by atoms with Gasteiger partial charge >= 0.3 is 0 Å². The molecule has 26 heavy (non-hydrogen) atoms. The van der Waals surface area contributed by atoms with Gasteiger partial charge < -0.3 is 10.8 Å². The van der Waals surface area contributed by atoms with E-state index >= 15 is 0 Å². The van der Waals surface area contributed by atoms with Gasteiger partial charge in [0, 0.05) is 22.7 Å². The van der Waals surface area contributed by atoms with Crippen LogP contribution in [0.15, 0.2) is 30.5 Å². The van der Waals surface area contributed by atoms with Crippen LogP contribution in [0.1, 0.15) is 59.0 Å². The summed E-state index contributed by atoms with van der Waals surface area (Å²) >= 11 is 5.98. The molecule has 1 saturated carbocycles. The van der Waals surface area contributed by atoms with Crippen LogP contribution in [0.4, 0.5) is 0 Å². The van der Waals surface area contributed by atoms with E-state index in [1.54, 1.807) is 12.1 Å². The van der Waals surface area contributed by atoms with Crippen molar-refractivity contribution in [2.75, 3.05) is 0 Å². The zero-order valence-corrected chi connectivity index (χ0v) is 15.3. The fourth-order valence-corrected chi connectivity index (χ4v) is 3.52. The Bertz CT molecular complexity index is 903. The molecule has 134 valence electrons. The molecule has 1 aromatic carbocycles. The lowest BCUT2D eigenvalue weighted by atomic mass is 9.76. The zero-order chi connectivity index (χ0) is 18.7. The van der Waals surface area contributed by atoms with Gasteiger partial charge in [-0.3, -0.25) is 9.78 Å². The fourth-order valence-electron chi connectivity index (χ4n) is 3.32. The molecule has 2 atom stereocenters. The minimum absolute atomic E-state index is 0.114. The second-order valence-corrected chi connectivity index (χ2v) is 7.13. The van der Waals surface area contributed by atoms with Crippen LogP contribution < -0.4 is 5.73 Å². The summed E-state index contributed by atoms with van der Waals surface area (Å²) in [5.74, 6) is 5.27. The second kappa shape index (κ2) is 7.45. The molecule has 1 aromatic heterocycles. The van der Waals surface area contributed by atoms with Crippen LogP contribution in [0.2, 0.25) is 5.02 Å². The van der Waals surface area contributed by atoms with Crippen LogP contribution in [0.5, 0.6) is 0 Å². The maximum Gasteiger partial charge on any atom is 0.269 e. The van der Waals surface area contributed by atoms with Crippen molar-refractivity contribution in [1.29, 1.82) is 0 Å². The molecule has 0 bridgehead atoms. The highest BCUT2D eigenvalue weighted by Crippen LogP contribution is 2.38. The smallest absolute Gasteiger partial charge is 0.269 e. The number of benzene rings is 1. The highest BCUT2D eigenvalue weighted by Gasteiger charge is 2.36. The molecule has 0 spiro atoms. The van der Waals surface area contributed by atoms with Crippen molar-refractivity contribution in [1.82, 2.24) is 9.97 Å². The Hall–Kier alpha value is -2.42. The molecule has 0 radical (unpaired) electrons. The quantitative estimate of drug-likeness (QED) is 0.796. The molecule has 3 N–H and O–H groups in total. The molecule has 1 amide bonds. The number of hydrogen-bond acceptors (Lipinski definition) is 4. The summed E-state index contributed by atoms with van der Waals surface area (Å²) in [7, 11) is 0. The van der Waals surface area contributed by atoms with Crippen LogP contribution >= 0.6 is 11.6 Å². The number of hydrogen-bond donors (Lipinski definition) is 2. The fraction of sp³-hybridized carbons (Fsp3) is 0.350. The molecule has 0 saturated heterocycles. The normalized spacial score (nSPS) is 22.3. The number of halogens is 1. The molecule has 1 aliphatic carbocycles. The van der Waals surface area contributed by atoms with E-state index in [2.05, 4.69) is 21.8 Å². The number of nitrogens with two attached hydrogens (primary N) is 1. The largest absolute Gasteiger partial charge is 0.378 e. The lowest BCUT2D eigenvalue weighted by molar-refractivity contribution is 0.0510. The Balaban J connectivity index is 1.88. The number of carbonyl (C=O) groups is 1. The molecule has 0 unspecified atom stereocenters. The lowest BCUT2D eigenvalue weighted by Gasteiger charge is -2.33. The summed E-state index contributed by atoms with van der Waals surface area (Å²) in [5.41, 5.74) is 6.49. The Morgan fingerprint density at radius 1 is 1.46 bits per heavy atom. The average molecular weight is 370 g/mol. The van der Waals surface area contributed by atoms with Crippen LogP contribution in [0, 0.1) is 18.8 Å². The molecule has 3 rings (SSSR count). The maximum absolute atomic E-state index is 11.7. The monoisotopic (exact) mass is 369 g/mol. The van der Waals surface area contributed by atoms with Crippen LogP contribution in [0.25, 0.3) is 0 Å². The van der Waals surface area contributed by atoms with Crippen LogP contribution in [-0.4, -0.2) is 26.6 Å². The van der Waals surface area contributed by atoms with Gasteiger partial charge in [0.05, 0.1) is 11.4 Å². The van der Waals surface area contributed by atoms with E-state index in [1.165, 1.54) is 6.20 Å². The first kappa shape index (κ1) is 18.4. The molecule has 2 aromatic rings. The minimum Gasteiger partial charge on any atom is -0.378 e. The summed E-state index contributed by atoms with van der Waals surface area (Å²) in [6.45, 7) is 1.81. The van der Waals surface area contributed by atoms with Crippen molar-refractivity contribution in [3.05, 3.63) is 58.1 Å². The van der Waals surface area contributed by atoms with Crippen LogP contribution in [0.3, 0.4) is 0 Å². The number of rotatable bonds is 2. The Labute approximate surface area is 157 Å². The van der Waals surface area contributed by atoms with Gasteiger partial charge in [-0.15, -0.1) is 0 Å². The van der Waals surface area contributed by atoms with Gasteiger partial charge in [0.2, 0.25) is 0 Å². The predicted molar refractivity (Wildman–Crippen MR) is 99.8 cm³/mol. The third-order valence-electron chi connectivity index (χ3n) is 4.53. The SMILES string of the molecule is Cc1cnc(C(N)=O)c([C@@H]2CCC[C@](O)(C#Cc3cccc(Cl)c3)C2)n1. The summed E-state index contributed by atoms with van der Waals surface area (Å²) in [4.78, 5) is 20.3. The number of aliphatic hydroxyl groups is 1. The lowest BCUT2D eigenvalue weighted by Crippen LogP contribution is -2.34. The standard InChI is InChI=1S/C20H20ClN3O2/c1-13-12-23-18(19(22)25)17(24-13)15-5-3-8-20(26,11-15)9-7-14-4-2-6-16(21)10-14/h2,4,6,10,12,15,26H,3,5,8,11H2,1H3,(H2,22,25)/t15-,20+/m1/s1. The average Bonchev–Trinajstić information content (AvgIpc) is 2.60. The number of primary amides is 1. The maximum atomic E-state index is 11.7. The second-order valence-electron chi connectivity index (χ2n) is 6.69. The third kappa shape index (κ3) is 4.21. The number of aryl methyl sites for hydroxylation is 1. The summed E-state index contributed by atoms with van der Waals surface area (Å²) in [6, 6.07) is 7.20. The number of amides is 1. The summed E-state index contributed by atoms with van der Waals surface area (Å²) in [5, 5.41) is 11.6. The highest BCUT2D eigenvalue weighted by molar-refractivity contribution is 6.30. The predicted octanol–water partition coefficient (Wildman–Crippen LogP) is 2.98. The van der Waals surface area contributed by atoms with Crippen molar-refractivity contribution in [2.24, 2.45) is 5.73 Å². The van der Waals surface area contributed by atoms with Gasteiger partial charge in [-0.1, -0.05) is 29.5 Å². The highest BCUT2D eigenvalue weighted by atomic mass is 35.5. The molecule has 1 aliphatic rings. The van der Waals surface area contributed by atoms with E-state index in [1.807, 2.05) is 19.1 Å². The van der Waals surface area contributed by atoms with E-state index in [-0.39, 0.29) is 11.6 Å². The van der Waals surface area contributed by atoms with Gasteiger partial charge in [0.1, 0.15) is 11.3 Å². The van der Waals surface area contributed by atoms with Crippen molar-refractivity contribution in [2.45, 2.75) is 44.1 Å². The van der Waals surface area contributed by atoms with E-state index in [0.29, 0.717) is 29.3 Å².